The predicted molar refractivity (Wildman–Crippen MR) is 111 cm³/mol. The molecule has 3 heterocycles. The molecule has 1 aromatic carbocycles. The van der Waals surface area contributed by atoms with E-state index in [0.717, 1.165) is 23.5 Å². The SMILES string of the molecule is COc1ccc(-c2cc(C(=O)NCCCc3nnc4ccccn34)[nH]n2)cc1OC. The fraction of sp³-hybridized carbons (Fsp3) is 0.238. The number of carbonyl (C=O) groups excluding carboxylic acids is 1. The lowest BCUT2D eigenvalue weighted by Gasteiger charge is -2.08. The molecule has 0 bridgehead atoms. The van der Waals surface area contributed by atoms with Crippen molar-refractivity contribution in [2.45, 2.75) is 12.8 Å². The third kappa shape index (κ3) is 3.95. The average Bonchev–Trinajstić information content (AvgIpc) is 3.44. The van der Waals surface area contributed by atoms with Gasteiger partial charge in [-0.15, -0.1) is 10.2 Å². The molecule has 2 N–H and O–H groups in total. The van der Waals surface area contributed by atoms with Gasteiger partial charge in [0, 0.05) is 24.7 Å². The summed E-state index contributed by atoms with van der Waals surface area (Å²) in [6, 6.07) is 13.0. The summed E-state index contributed by atoms with van der Waals surface area (Å²) in [6.07, 6.45) is 3.40. The molecule has 0 atom stereocenters. The van der Waals surface area contributed by atoms with Crippen LogP contribution in [0.2, 0.25) is 0 Å². The molecule has 154 valence electrons. The van der Waals surface area contributed by atoms with Gasteiger partial charge >= 0.3 is 0 Å². The third-order valence-corrected chi connectivity index (χ3v) is 4.75. The largest absolute Gasteiger partial charge is 0.493 e. The minimum absolute atomic E-state index is 0.208. The molecule has 0 saturated heterocycles. The van der Waals surface area contributed by atoms with Crippen molar-refractivity contribution in [2.24, 2.45) is 0 Å². The average molecular weight is 406 g/mol. The van der Waals surface area contributed by atoms with E-state index in [1.54, 1.807) is 26.4 Å². The molecule has 0 fully saturated rings. The second-order valence-corrected chi connectivity index (χ2v) is 6.64. The number of aromatic amines is 1. The fourth-order valence-electron chi connectivity index (χ4n) is 3.19. The number of pyridine rings is 1. The molecule has 0 aliphatic heterocycles. The molecule has 9 heteroatoms. The van der Waals surface area contributed by atoms with Crippen LogP contribution in [0.15, 0.2) is 48.7 Å². The van der Waals surface area contributed by atoms with Gasteiger partial charge in [0.25, 0.3) is 5.91 Å². The molecule has 1 amide bonds. The number of hydrogen-bond donors (Lipinski definition) is 2. The van der Waals surface area contributed by atoms with E-state index in [0.29, 0.717) is 35.9 Å². The number of methoxy groups -OCH3 is 2. The number of nitrogens with zero attached hydrogens (tertiary/aromatic N) is 4. The molecule has 30 heavy (non-hydrogen) atoms. The number of nitrogens with one attached hydrogen (secondary N) is 2. The first kappa shape index (κ1) is 19.4. The summed E-state index contributed by atoms with van der Waals surface area (Å²) in [4.78, 5) is 12.4. The lowest BCUT2D eigenvalue weighted by molar-refractivity contribution is 0.0948. The summed E-state index contributed by atoms with van der Waals surface area (Å²) in [5.74, 6) is 1.90. The Labute approximate surface area is 173 Å². The maximum Gasteiger partial charge on any atom is 0.269 e. The zero-order valence-corrected chi connectivity index (χ0v) is 16.8. The van der Waals surface area contributed by atoms with Crippen LogP contribution in [0, 0.1) is 0 Å². The van der Waals surface area contributed by atoms with E-state index in [9.17, 15) is 4.79 Å². The van der Waals surface area contributed by atoms with Crippen molar-refractivity contribution in [1.29, 1.82) is 0 Å². The maximum atomic E-state index is 12.4. The summed E-state index contributed by atoms with van der Waals surface area (Å²) in [6.45, 7) is 0.519. The maximum absolute atomic E-state index is 12.4. The number of ether oxygens (including phenoxy) is 2. The van der Waals surface area contributed by atoms with Crippen LogP contribution in [0.3, 0.4) is 0 Å². The van der Waals surface area contributed by atoms with Gasteiger partial charge in [0.2, 0.25) is 0 Å². The van der Waals surface area contributed by atoms with Crippen molar-refractivity contribution < 1.29 is 14.3 Å². The Bertz CT molecular complexity index is 1170. The Morgan fingerprint density at radius 1 is 1.10 bits per heavy atom. The zero-order valence-electron chi connectivity index (χ0n) is 16.8. The Balaban J connectivity index is 1.34. The standard InChI is InChI=1S/C21H22N6O3/c1-29-17-9-8-14(12-18(17)30-2)15-13-16(24-23-15)21(28)22-10-5-7-20-26-25-19-6-3-4-11-27(19)20/h3-4,6,8-9,11-13H,5,7,10H2,1-2H3,(H,22,28)(H,23,24). The number of H-pyrrole nitrogens is 1. The Morgan fingerprint density at radius 3 is 2.80 bits per heavy atom. The minimum atomic E-state index is -0.208. The molecule has 9 nitrogen and oxygen atoms in total. The second kappa shape index (κ2) is 8.64. The lowest BCUT2D eigenvalue weighted by Crippen LogP contribution is -2.25. The van der Waals surface area contributed by atoms with Gasteiger partial charge in [0.05, 0.1) is 19.9 Å². The van der Waals surface area contributed by atoms with Crippen molar-refractivity contribution in [3.8, 4) is 22.8 Å². The van der Waals surface area contributed by atoms with Gasteiger partial charge in [-0.2, -0.15) is 5.10 Å². The summed E-state index contributed by atoms with van der Waals surface area (Å²) in [7, 11) is 3.16. The summed E-state index contributed by atoms with van der Waals surface area (Å²) in [5.41, 5.74) is 2.68. The van der Waals surface area contributed by atoms with Crippen LogP contribution in [-0.2, 0) is 6.42 Å². The van der Waals surface area contributed by atoms with Crippen molar-refractivity contribution in [3.05, 3.63) is 60.2 Å². The van der Waals surface area contributed by atoms with Crippen molar-refractivity contribution >= 4 is 11.6 Å². The van der Waals surface area contributed by atoms with Gasteiger partial charge in [0.1, 0.15) is 11.5 Å². The summed E-state index contributed by atoms with van der Waals surface area (Å²) < 4.78 is 12.5. The van der Waals surface area contributed by atoms with E-state index >= 15 is 0 Å². The quantitative estimate of drug-likeness (QED) is 0.436. The topological polar surface area (TPSA) is 106 Å². The molecular formula is C21H22N6O3. The van der Waals surface area contributed by atoms with Gasteiger partial charge in [-0.3, -0.25) is 14.3 Å². The van der Waals surface area contributed by atoms with Gasteiger partial charge in [0.15, 0.2) is 17.1 Å². The van der Waals surface area contributed by atoms with E-state index in [2.05, 4.69) is 25.7 Å². The number of fused-ring (bicyclic) bond motifs is 1. The molecule has 4 aromatic rings. The van der Waals surface area contributed by atoms with E-state index in [1.807, 2.05) is 40.9 Å². The molecule has 0 spiro atoms. The van der Waals surface area contributed by atoms with Crippen LogP contribution >= 0.6 is 0 Å². The Kier molecular flexibility index (Phi) is 5.60. The smallest absolute Gasteiger partial charge is 0.269 e. The monoisotopic (exact) mass is 406 g/mol. The Morgan fingerprint density at radius 2 is 1.97 bits per heavy atom. The van der Waals surface area contributed by atoms with Crippen LogP contribution in [-0.4, -0.2) is 51.5 Å². The highest BCUT2D eigenvalue weighted by molar-refractivity contribution is 5.93. The van der Waals surface area contributed by atoms with Crippen LogP contribution in [0.5, 0.6) is 11.5 Å². The summed E-state index contributed by atoms with van der Waals surface area (Å²) >= 11 is 0. The van der Waals surface area contributed by atoms with Gasteiger partial charge in [-0.05, 0) is 42.8 Å². The number of aryl methyl sites for hydroxylation is 1. The van der Waals surface area contributed by atoms with Crippen molar-refractivity contribution in [2.75, 3.05) is 20.8 Å². The van der Waals surface area contributed by atoms with Gasteiger partial charge < -0.3 is 14.8 Å². The molecule has 0 aliphatic rings. The molecule has 0 unspecified atom stereocenters. The van der Waals surface area contributed by atoms with Crippen LogP contribution in [0.1, 0.15) is 22.7 Å². The molecule has 0 aliphatic carbocycles. The number of benzene rings is 1. The molecule has 0 radical (unpaired) electrons. The number of carbonyl (C=O) groups is 1. The lowest BCUT2D eigenvalue weighted by atomic mass is 10.1. The number of rotatable bonds is 8. The van der Waals surface area contributed by atoms with Crippen LogP contribution in [0.4, 0.5) is 0 Å². The molecule has 4 rings (SSSR count). The highest BCUT2D eigenvalue weighted by Crippen LogP contribution is 2.31. The van der Waals surface area contributed by atoms with Crippen LogP contribution < -0.4 is 14.8 Å². The molecule has 0 saturated carbocycles. The normalized spacial score (nSPS) is 10.9. The van der Waals surface area contributed by atoms with Gasteiger partial charge in [-0.1, -0.05) is 6.07 Å². The first-order valence-electron chi connectivity index (χ1n) is 9.54. The zero-order chi connectivity index (χ0) is 20.9. The Hall–Kier alpha value is -3.88. The number of amides is 1. The van der Waals surface area contributed by atoms with Gasteiger partial charge in [-0.25, -0.2) is 0 Å². The van der Waals surface area contributed by atoms with Crippen molar-refractivity contribution in [3.63, 3.8) is 0 Å². The van der Waals surface area contributed by atoms with Crippen LogP contribution in [0.25, 0.3) is 16.9 Å². The second-order valence-electron chi connectivity index (χ2n) is 6.64. The highest BCUT2D eigenvalue weighted by Gasteiger charge is 2.13. The van der Waals surface area contributed by atoms with E-state index in [-0.39, 0.29) is 5.91 Å². The first-order valence-corrected chi connectivity index (χ1v) is 9.54. The fourth-order valence-corrected chi connectivity index (χ4v) is 3.19. The first-order chi connectivity index (χ1) is 14.7. The van der Waals surface area contributed by atoms with E-state index < -0.39 is 0 Å². The predicted octanol–water partition coefficient (Wildman–Crippen LogP) is 2.50. The molecular weight excluding hydrogens is 384 g/mol. The minimum Gasteiger partial charge on any atom is -0.493 e. The van der Waals surface area contributed by atoms with E-state index in [4.69, 9.17) is 9.47 Å². The van der Waals surface area contributed by atoms with E-state index in [1.165, 1.54) is 0 Å². The number of hydrogen-bond acceptors (Lipinski definition) is 6. The molecule has 3 aromatic heterocycles. The third-order valence-electron chi connectivity index (χ3n) is 4.75. The number of aromatic nitrogens is 5. The summed E-state index contributed by atoms with van der Waals surface area (Å²) in [5, 5.41) is 18.3. The highest BCUT2D eigenvalue weighted by atomic mass is 16.5. The van der Waals surface area contributed by atoms with Crippen molar-refractivity contribution in [1.82, 2.24) is 30.1 Å².